The Bertz CT molecular complexity index is 916. The second-order valence-electron chi connectivity index (χ2n) is 5.31. The fraction of sp³-hybridized carbons (Fsp3) is 0.111. The molecule has 0 amide bonds. The summed E-state index contributed by atoms with van der Waals surface area (Å²) in [7, 11) is 1.26. The third-order valence-electron chi connectivity index (χ3n) is 3.63. The summed E-state index contributed by atoms with van der Waals surface area (Å²) in [6.45, 7) is -0.255. The maximum absolute atomic E-state index is 12.4. The Balaban J connectivity index is 1.78. The molecule has 0 aliphatic carbocycles. The van der Waals surface area contributed by atoms with Crippen molar-refractivity contribution < 1.29 is 28.7 Å². The van der Waals surface area contributed by atoms with Gasteiger partial charge in [-0.1, -0.05) is 0 Å². The van der Waals surface area contributed by atoms with Crippen LogP contribution in [0.1, 0.15) is 15.9 Å². The summed E-state index contributed by atoms with van der Waals surface area (Å²) in [5, 5.41) is 10.7. The maximum Gasteiger partial charge on any atom is 0.343 e. The summed E-state index contributed by atoms with van der Waals surface area (Å²) in [5.41, 5.74) is 0.916. The number of nitrogens with zero attached hydrogens (tertiary/aromatic N) is 1. The van der Waals surface area contributed by atoms with E-state index in [1.807, 2.05) is 0 Å². The number of hydrogen-bond acceptors (Lipinski definition) is 7. The zero-order chi connectivity index (χ0) is 18.7. The Kier molecular flexibility index (Phi) is 4.66. The Labute approximate surface area is 147 Å². The van der Waals surface area contributed by atoms with Crippen molar-refractivity contribution in [2.75, 3.05) is 13.7 Å². The summed E-state index contributed by atoms with van der Waals surface area (Å²) in [6.07, 6.45) is 1.50. The number of nitro groups is 1. The van der Waals surface area contributed by atoms with Crippen molar-refractivity contribution in [2.45, 2.75) is 0 Å². The van der Waals surface area contributed by atoms with Gasteiger partial charge in [-0.15, -0.1) is 0 Å². The normalized spacial score (nSPS) is 13.9. The number of ether oxygens (including phenoxy) is 3. The van der Waals surface area contributed by atoms with Crippen LogP contribution in [0.2, 0.25) is 0 Å². The van der Waals surface area contributed by atoms with Gasteiger partial charge in [0.05, 0.1) is 17.6 Å². The van der Waals surface area contributed by atoms with E-state index in [1.54, 1.807) is 12.1 Å². The van der Waals surface area contributed by atoms with Crippen molar-refractivity contribution in [3.05, 3.63) is 69.5 Å². The molecule has 8 heteroatoms. The molecule has 1 aliphatic heterocycles. The largest absolute Gasteiger partial charge is 0.482 e. The first kappa shape index (κ1) is 17.2. The molecular formula is C18H13NO7. The van der Waals surface area contributed by atoms with E-state index in [2.05, 4.69) is 4.74 Å². The quantitative estimate of drug-likeness (QED) is 0.351. The predicted octanol–water partition coefficient (Wildman–Crippen LogP) is 2.76. The van der Waals surface area contributed by atoms with E-state index in [4.69, 9.17) is 9.47 Å². The third kappa shape index (κ3) is 3.54. The number of benzene rings is 2. The van der Waals surface area contributed by atoms with Gasteiger partial charge in [0.2, 0.25) is 5.78 Å². The Morgan fingerprint density at radius 3 is 2.62 bits per heavy atom. The average molecular weight is 355 g/mol. The summed E-state index contributed by atoms with van der Waals surface area (Å²) in [5.74, 6) is -0.0674. The molecule has 0 fully saturated rings. The highest BCUT2D eigenvalue weighted by atomic mass is 16.6. The highest BCUT2D eigenvalue weighted by Gasteiger charge is 2.27. The molecule has 0 radical (unpaired) electrons. The minimum absolute atomic E-state index is 0.0403. The number of fused-ring (bicyclic) bond motifs is 1. The number of non-ortho nitro benzene ring substituents is 1. The number of nitro benzene ring substituents is 1. The standard InChI is InChI=1S/C18H13NO7/c1-24-17(20)10-25-13-6-7-14-15(9-13)26-16(18(14)21)8-11-2-4-12(5-3-11)19(22)23/h2-9H,10H2,1H3/b16-8-. The predicted molar refractivity (Wildman–Crippen MR) is 90.0 cm³/mol. The summed E-state index contributed by atoms with van der Waals surface area (Å²) in [4.78, 5) is 33.7. The van der Waals surface area contributed by atoms with Crippen LogP contribution in [0.5, 0.6) is 11.5 Å². The fourth-order valence-electron chi connectivity index (χ4n) is 2.30. The molecule has 0 N–H and O–H groups in total. The topological polar surface area (TPSA) is 105 Å². The fourth-order valence-corrected chi connectivity index (χ4v) is 2.30. The van der Waals surface area contributed by atoms with E-state index in [0.29, 0.717) is 22.6 Å². The van der Waals surface area contributed by atoms with Crippen LogP contribution in [0.15, 0.2) is 48.2 Å². The molecule has 3 rings (SSSR count). The zero-order valence-corrected chi connectivity index (χ0v) is 13.6. The Morgan fingerprint density at radius 2 is 1.96 bits per heavy atom. The molecule has 0 spiro atoms. The number of rotatable bonds is 5. The van der Waals surface area contributed by atoms with E-state index in [9.17, 15) is 19.7 Å². The molecular weight excluding hydrogens is 342 g/mol. The van der Waals surface area contributed by atoms with Crippen LogP contribution in [-0.4, -0.2) is 30.4 Å². The molecule has 2 aromatic carbocycles. The number of hydrogen-bond donors (Lipinski definition) is 0. The molecule has 0 unspecified atom stereocenters. The highest BCUT2D eigenvalue weighted by Crippen LogP contribution is 2.35. The molecule has 1 aliphatic rings. The molecule has 2 aromatic rings. The molecule has 0 bridgehead atoms. The van der Waals surface area contributed by atoms with E-state index < -0.39 is 10.9 Å². The van der Waals surface area contributed by atoms with E-state index in [0.717, 1.165) is 0 Å². The molecule has 26 heavy (non-hydrogen) atoms. The monoisotopic (exact) mass is 355 g/mol. The molecule has 8 nitrogen and oxygen atoms in total. The minimum atomic E-state index is -0.527. The van der Waals surface area contributed by atoms with Gasteiger partial charge in [-0.25, -0.2) is 4.79 Å². The minimum Gasteiger partial charge on any atom is -0.482 e. The molecule has 132 valence electrons. The van der Waals surface area contributed by atoms with Crippen molar-refractivity contribution >= 4 is 23.5 Å². The van der Waals surface area contributed by atoms with Crippen molar-refractivity contribution in [2.24, 2.45) is 0 Å². The van der Waals surface area contributed by atoms with Gasteiger partial charge >= 0.3 is 5.97 Å². The highest BCUT2D eigenvalue weighted by molar-refractivity contribution is 6.14. The van der Waals surface area contributed by atoms with Crippen molar-refractivity contribution in [3.63, 3.8) is 0 Å². The summed E-state index contributed by atoms with van der Waals surface area (Å²) >= 11 is 0. The summed E-state index contributed by atoms with van der Waals surface area (Å²) in [6, 6.07) is 10.3. The van der Waals surface area contributed by atoms with Gasteiger partial charge in [-0.2, -0.15) is 0 Å². The van der Waals surface area contributed by atoms with Gasteiger partial charge in [0.25, 0.3) is 5.69 Å². The van der Waals surface area contributed by atoms with Crippen molar-refractivity contribution in [1.82, 2.24) is 0 Å². The number of carbonyl (C=O) groups excluding carboxylic acids is 2. The number of carbonyl (C=O) groups is 2. The van der Waals surface area contributed by atoms with Gasteiger partial charge in [0, 0.05) is 18.2 Å². The van der Waals surface area contributed by atoms with Crippen molar-refractivity contribution in [1.29, 1.82) is 0 Å². The smallest absolute Gasteiger partial charge is 0.343 e. The van der Waals surface area contributed by atoms with Crippen molar-refractivity contribution in [3.8, 4) is 11.5 Å². The lowest BCUT2D eigenvalue weighted by molar-refractivity contribution is -0.384. The van der Waals surface area contributed by atoms with Crippen LogP contribution in [0.4, 0.5) is 5.69 Å². The summed E-state index contributed by atoms with van der Waals surface area (Å²) < 4.78 is 15.3. The van der Waals surface area contributed by atoms with Gasteiger partial charge in [0.15, 0.2) is 12.4 Å². The Hall–Kier alpha value is -3.68. The van der Waals surface area contributed by atoms with Crippen LogP contribution in [0.25, 0.3) is 6.08 Å². The van der Waals surface area contributed by atoms with Gasteiger partial charge in [0.1, 0.15) is 11.5 Å². The molecule has 0 saturated heterocycles. The van der Waals surface area contributed by atoms with Crippen LogP contribution in [-0.2, 0) is 9.53 Å². The maximum atomic E-state index is 12.4. The van der Waals surface area contributed by atoms with E-state index in [-0.39, 0.29) is 23.8 Å². The second kappa shape index (κ2) is 7.06. The number of esters is 1. The third-order valence-corrected chi connectivity index (χ3v) is 3.63. The van der Waals surface area contributed by atoms with Crippen LogP contribution in [0, 0.1) is 10.1 Å². The second-order valence-corrected chi connectivity index (χ2v) is 5.31. The van der Waals surface area contributed by atoms with Crippen LogP contribution >= 0.6 is 0 Å². The average Bonchev–Trinajstić information content (AvgIpc) is 2.95. The number of methoxy groups -OCH3 is 1. The van der Waals surface area contributed by atoms with Gasteiger partial charge in [-0.05, 0) is 35.9 Å². The SMILES string of the molecule is COC(=O)COc1ccc2c(c1)O/C(=C\c1ccc([N+](=O)[O-])cc1)C2=O. The number of Topliss-reactive ketones (excluding diaryl/α,β-unsaturated/α-hetero) is 1. The lowest BCUT2D eigenvalue weighted by Gasteiger charge is -2.05. The molecule has 0 aromatic heterocycles. The van der Waals surface area contributed by atoms with E-state index in [1.165, 1.54) is 43.5 Å². The number of allylic oxidation sites excluding steroid dienone is 1. The van der Waals surface area contributed by atoms with E-state index >= 15 is 0 Å². The first-order valence-corrected chi connectivity index (χ1v) is 7.50. The first-order valence-electron chi connectivity index (χ1n) is 7.50. The Morgan fingerprint density at radius 1 is 1.23 bits per heavy atom. The molecule has 0 saturated carbocycles. The first-order chi connectivity index (χ1) is 12.5. The lowest BCUT2D eigenvalue weighted by atomic mass is 10.1. The lowest BCUT2D eigenvalue weighted by Crippen LogP contribution is -2.12. The van der Waals surface area contributed by atoms with Crippen LogP contribution in [0.3, 0.4) is 0 Å². The van der Waals surface area contributed by atoms with Crippen LogP contribution < -0.4 is 9.47 Å². The zero-order valence-electron chi connectivity index (χ0n) is 13.6. The number of ketones is 1. The van der Waals surface area contributed by atoms with Gasteiger partial charge < -0.3 is 14.2 Å². The molecule has 1 heterocycles. The molecule has 0 atom stereocenters. The van der Waals surface area contributed by atoms with Gasteiger partial charge in [-0.3, -0.25) is 14.9 Å².